The molecule has 202 valence electrons. The number of carboxylic acids is 1. The Morgan fingerprint density at radius 3 is 2.53 bits per heavy atom. The molecule has 1 atom stereocenters. The average Bonchev–Trinajstić information content (AvgIpc) is 3.51. The number of hydrogen-bond donors (Lipinski definition) is 1. The second-order valence-corrected chi connectivity index (χ2v) is 9.23. The van der Waals surface area contributed by atoms with Crippen molar-refractivity contribution >= 4 is 11.9 Å². The van der Waals surface area contributed by atoms with E-state index in [-0.39, 0.29) is 12.3 Å². The summed E-state index contributed by atoms with van der Waals surface area (Å²) in [7, 11) is 0. The van der Waals surface area contributed by atoms with Crippen LogP contribution in [0, 0.1) is 0 Å². The normalized spacial score (nSPS) is 15.0. The Balaban J connectivity index is 1.48. The lowest BCUT2D eigenvalue weighted by Crippen LogP contribution is -2.43. The van der Waals surface area contributed by atoms with Crippen LogP contribution >= 0.6 is 0 Å². The molecule has 2 heterocycles. The van der Waals surface area contributed by atoms with Gasteiger partial charge < -0.3 is 23.9 Å². The molecule has 0 radical (unpaired) electrons. The van der Waals surface area contributed by atoms with E-state index in [0.717, 1.165) is 30.8 Å². The van der Waals surface area contributed by atoms with E-state index in [1.165, 1.54) is 0 Å². The molecule has 4 rings (SSSR count). The van der Waals surface area contributed by atoms with Gasteiger partial charge >= 0.3 is 5.97 Å². The first-order valence-corrected chi connectivity index (χ1v) is 13.1. The molecule has 1 aromatic heterocycles. The zero-order chi connectivity index (χ0) is 27.5. The average molecular weight is 522 g/mol. The number of carbonyl (C=O) groups is 2. The van der Waals surface area contributed by atoms with Gasteiger partial charge in [-0.15, -0.1) is 0 Å². The second-order valence-electron chi connectivity index (χ2n) is 9.23. The van der Waals surface area contributed by atoms with Crippen molar-refractivity contribution in [2.75, 3.05) is 46.0 Å². The maximum atomic E-state index is 13.9. The molecule has 38 heavy (non-hydrogen) atoms. The number of carboxylic acid groups (broad SMARTS) is 1. The van der Waals surface area contributed by atoms with Gasteiger partial charge in [0.05, 0.1) is 33.0 Å². The van der Waals surface area contributed by atoms with Gasteiger partial charge in [0.1, 0.15) is 11.5 Å². The fourth-order valence-electron chi connectivity index (χ4n) is 4.32. The number of morpholine rings is 1. The molecule has 1 saturated heterocycles. The van der Waals surface area contributed by atoms with Gasteiger partial charge in [-0.2, -0.15) is 0 Å². The lowest BCUT2D eigenvalue weighted by molar-refractivity contribution is -0.137. The monoisotopic (exact) mass is 521 g/mol. The number of hydrogen-bond acceptors (Lipinski definition) is 6. The van der Waals surface area contributed by atoms with Gasteiger partial charge in [0.15, 0.2) is 0 Å². The first-order chi connectivity index (χ1) is 19.0. The Morgan fingerprint density at radius 2 is 1.79 bits per heavy atom. The molecule has 8 nitrogen and oxygen atoms in total. The molecule has 0 aliphatic carbocycles. The molecule has 1 unspecified atom stereocenters. The van der Waals surface area contributed by atoms with E-state index < -0.39 is 12.5 Å². The number of unbranched alkanes of at least 4 members (excludes halogenated alkanes) is 2. The van der Waals surface area contributed by atoms with Crippen molar-refractivity contribution < 1.29 is 30.0 Å². The Morgan fingerprint density at radius 1 is 1.00 bits per heavy atom. The standard InChI is InChI=1S/C30H36N2O6/c33-29(34)10-2-1-5-19-38-28-8-4-3-7-26(28)30(35)32(16-15-31-17-21-36-22-18-31)23-24-11-13-25(14-12-24)27-9-6-20-37-27/h3-4,6-9,11-14,20H,1-2,5,10,15-19,21-23H2,(H,33,34)/i23D. The number of carbonyl (C=O) groups excluding carboxylic acids is 1. The predicted molar refractivity (Wildman–Crippen MR) is 144 cm³/mol. The van der Waals surface area contributed by atoms with Gasteiger partial charge in [-0.1, -0.05) is 36.4 Å². The molecule has 1 aliphatic heterocycles. The topological polar surface area (TPSA) is 92.5 Å². The summed E-state index contributed by atoms with van der Waals surface area (Å²) >= 11 is 0. The van der Waals surface area contributed by atoms with E-state index in [4.69, 9.17) is 20.4 Å². The van der Waals surface area contributed by atoms with Crippen molar-refractivity contribution in [3.8, 4) is 17.1 Å². The lowest BCUT2D eigenvalue weighted by Gasteiger charge is -2.30. The van der Waals surface area contributed by atoms with Crippen LogP contribution in [0.2, 0.25) is 0 Å². The van der Waals surface area contributed by atoms with Gasteiger partial charge in [-0.05, 0) is 49.1 Å². The highest BCUT2D eigenvalue weighted by Crippen LogP contribution is 2.24. The third-order valence-corrected chi connectivity index (χ3v) is 6.45. The minimum atomic E-state index is -0.909. The largest absolute Gasteiger partial charge is 0.493 e. The molecular weight excluding hydrogens is 484 g/mol. The van der Waals surface area contributed by atoms with E-state index in [2.05, 4.69) is 4.90 Å². The number of rotatable bonds is 14. The number of para-hydroxylation sites is 1. The molecule has 3 aromatic rings. The van der Waals surface area contributed by atoms with Crippen LogP contribution in [0.25, 0.3) is 11.3 Å². The summed E-state index contributed by atoms with van der Waals surface area (Å²) in [6.45, 7) is 3.42. The molecule has 2 aromatic carbocycles. The fourth-order valence-corrected chi connectivity index (χ4v) is 4.32. The summed E-state index contributed by atoms with van der Waals surface area (Å²) in [6.07, 6.45) is 3.78. The molecule has 0 bridgehead atoms. The molecule has 0 spiro atoms. The van der Waals surface area contributed by atoms with Crippen LogP contribution in [0.4, 0.5) is 0 Å². The maximum Gasteiger partial charge on any atom is 0.303 e. The summed E-state index contributed by atoms with van der Waals surface area (Å²) < 4.78 is 26.0. The van der Waals surface area contributed by atoms with Crippen molar-refractivity contribution in [2.24, 2.45) is 0 Å². The number of furan rings is 1. The van der Waals surface area contributed by atoms with E-state index in [0.29, 0.717) is 62.6 Å². The Labute approximate surface area is 225 Å². The number of benzene rings is 2. The number of ether oxygens (including phenoxy) is 2. The lowest BCUT2D eigenvalue weighted by atomic mass is 10.1. The smallest absolute Gasteiger partial charge is 0.303 e. The SMILES string of the molecule is [2H]C(c1ccc(-c2ccco2)cc1)N(CCN1CCOCC1)C(=O)c1ccccc1OCCCCCC(=O)O. The van der Waals surface area contributed by atoms with Crippen molar-refractivity contribution in [2.45, 2.75) is 32.2 Å². The van der Waals surface area contributed by atoms with Gasteiger partial charge in [0, 0.05) is 44.7 Å². The first-order valence-electron chi connectivity index (χ1n) is 13.7. The highest BCUT2D eigenvalue weighted by atomic mass is 16.5. The number of nitrogens with zero attached hydrogens (tertiary/aromatic N) is 2. The van der Waals surface area contributed by atoms with Crippen molar-refractivity contribution in [3.63, 3.8) is 0 Å². The van der Waals surface area contributed by atoms with E-state index in [1.54, 1.807) is 29.4 Å². The quantitative estimate of drug-likeness (QED) is 0.300. The van der Waals surface area contributed by atoms with Crippen LogP contribution in [-0.2, 0) is 16.1 Å². The van der Waals surface area contributed by atoms with Crippen LogP contribution < -0.4 is 4.74 Å². The molecule has 0 saturated carbocycles. The minimum absolute atomic E-state index is 0.139. The third-order valence-electron chi connectivity index (χ3n) is 6.45. The fraction of sp³-hybridized carbons (Fsp3) is 0.400. The summed E-state index contributed by atoms with van der Waals surface area (Å²) in [6, 6.07) is 18.4. The van der Waals surface area contributed by atoms with Crippen LogP contribution in [0.3, 0.4) is 0 Å². The molecule has 1 fully saturated rings. The van der Waals surface area contributed by atoms with Crippen molar-refractivity contribution in [1.82, 2.24) is 9.80 Å². The van der Waals surface area contributed by atoms with Crippen LogP contribution in [0.15, 0.2) is 71.3 Å². The first kappa shape index (κ1) is 26.0. The summed E-state index contributed by atoms with van der Waals surface area (Å²) in [5, 5.41) is 8.81. The Kier molecular flexibility index (Phi) is 9.82. The minimum Gasteiger partial charge on any atom is -0.493 e. The van der Waals surface area contributed by atoms with Crippen LogP contribution in [0.1, 0.15) is 43.0 Å². The van der Waals surface area contributed by atoms with Crippen LogP contribution in [0.5, 0.6) is 5.75 Å². The van der Waals surface area contributed by atoms with E-state index >= 15 is 0 Å². The predicted octanol–water partition coefficient (Wildman–Crippen LogP) is 4.95. The van der Waals surface area contributed by atoms with Gasteiger partial charge in [-0.25, -0.2) is 0 Å². The molecular formula is C30H36N2O6. The summed E-state index contributed by atoms with van der Waals surface area (Å²) in [5.41, 5.74) is 2.02. The highest BCUT2D eigenvalue weighted by Gasteiger charge is 2.21. The molecule has 8 heteroatoms. The van der Waals surface area contributed by atoms with E-state index in [9.17, 15) is 9.59 Å². The van der Waals surface area contributed by atoms with Crippen molar-refractivity contribution in [1.29, 1.82) is 0 Å². The Bertz CT molecular complexity index is 1180. The highest BCUT2D eigenvalue weighted by molar-refractivity contribution is 5.97. The molecule has 1 amide bonds. The molecule has 1 aliphatic rings. The zero-order valence-corrected chi connectivity index (χ0v) is 21.6. The number of aliphatic carboxylic acids is 1. The third kappa shape index (κ3) is 8.19. The summed E-state index contributed by atoms with van der Waals surface area (Å²) in [5.74, 6) is 0.152. The summed E-state index contributed by atoms with van der Waals surface area (Å²) in [4.78, 5) is 28.5. The van der Waals surface area contributed by atoms with Crippen LogP contribution in [-0.4, -0.2) is 72.8 Å². The molecule has 1 N–H and O–H groups in total. The zero-order valence-electron chi connectivity index (χ0n) is 22.6. The number of amides is 1. The Hall–Kier alpha value is -3.62. The van der Waals surface area contributed by atoms with Gasteiger partial charge in [0.2, 0.25) is 0 Å². The second kappa shape index (κ2) is 14.4. The van der Waals surface area contributed by atoms with Gasteiger partial charge in [-0.3, -0.25) is 14.5 Å². The van der Waals surface area contributed by atoms with Gasteiger partial charge in [0.25, 0.3) is 5.91 Å². The van der Waals surface area contributed by atoms with Crippen molar-refractivity contribution in [3.05, 3.63) is 78.1 Å². The maximum absolute atomic E-state index is 13.9. The van der Waals surface area contributed by atoms with E-state index in [1.807, 2.05) is 42.5 Å².